The van der Waals surface area contributed by atoms with Gasteiger partial charge in [-0.25, -0.2) is 0 Å². The largest absolute Gasteiger partial charge is 0.480 e. The Morgan fingerprint density at radius 2 is 2.08 bits per heavy atom. The number of thiocarbonyl (C=S) groups is 1. The number of hydrogen-bond donors (Lipinski definition) is 1. The first-order valence-electron chi connectivity index (χ1n) is 8.80. The Morgan fingerprint density at radius 3 is 2.65 bits per heavy atom. The summed E-state index contributed by atoms with van der Waals surface area (Å²) in [6, 6.07) is 8.16. The minimum absolute atomic E-state index is 0.291. The van der Waals surface area contributed by atoms with Gasteiger partial charge in [0, 0.05) is 18.8 Å². The molecule has 1 aromatic carbocycles. The maximum absolute atomic E-state index is 12.3. The molecule has 2 fully saturated rings. The number of thioether (sulfide) groups is 1. The Balaban J connectivity index is 1.72. The van der Waals surface area contributed by atoms with Gasteiger partial charge >= 0.3 is 5.97 Å². The highest BCUT2D eigenvalue weighted by Crippen LogP contribution is 2.33. The van der Waals surface area contributed by atoms with Crippen LogP contribution in [0, 0.1) is 5.92 Å². The third kappa shape index (κ3) is 4.65. The number of benzene rings is 1. The van der Waals surface area contributed by atoms with Crippen LogP contribution < -0.4 is 4.90 Å². The van der Waals surface area contributed by atoms with Crippen molar-refractivity contribution in [1.29, 1.82) is 0 Å². The molecule has 138 valence electrons. The second-order valence-electron chi connectivity index (χ2n) is 6.64. The van der Waals surface area contributed by atoms with Crippen molar-refractivity contribution in [2.45, 2.75) is 26.2 Å². The van der Waals surface area contributed by atoms with Gasteiger partial charge in [0.15, 0.2) is 0 Å². The molecular formula is C19H22N2O3S2. The van der Waals surface area contributed by atoms with Gasteiger partial charge < -0.3 is 10.0 Å². The summed E-state index contributed by atoms with van der Waals surface area (Å²) in [5, 5.41) is 8.89. The van der Waals surface area contributed by atoms with Gasteiger partial charge in [0.1, 0.15) is 10.9 Å². The number of carbonyl (C=O) groups is 2. The third-order valence-electron chi connectivity index (χ3n) is 4.39. The maximum Gasteiger partial charge on any atom is 0.323 e. The monoisotopic (exact) mass is 390 g/mol. The van der Waals surface area contributed by atoms with Crippen molar-refractivity contribution in [1.82, 2.24) is 4.90 Å². The van der Waals surface area contributed by atoms with Crippen LogP contribution in [0.2, 0.25) is 0 Å². The molecule has 1 heterocycles. The lowest BCUT2D eigenvalue weighted by molar-refractivity contribution is -0.140. The molecule has 5 nitrogen and oxygen atoms in total. The Morgan fingerprint density at radius 1 is 1.38 bits per heavy atom. The number of carboxylic acids is 1. The van der Waals surface area contributed by atoms with Crippen molar-refractivity contribution in [2.75, 3.05) is 24.5 Å². The molecular weight excluding hydrogens is 368 g/mol. The second-order valence-corrected chi connectivity index (χ2v) is 8.32. The van der Waals surface area contributed by atoms with Crippen LogP contribution in [0.5, 0.6) is 0 Å². The van der Waals surface area contributed by atoms with Crippen molar-refractivity contribution in [3.8, 4) is 0 Å². The minimum Gasteiger partial charge on any atom is -0.480 e. The molecule has 1 aliphatic carbocycles. The highest BCUT2D eigenvalue weighted by atomic mass is 32.2. The summed E-state index contributed by atoms with van der Waals surface area (Å²) >= 11 is 6.27. The van der Waals surface area contributed by atoms with E-state index in [2.05, 4.69) is 24.0 Å². The van der Waals surface area contributed by atoms with Gasteiger partial charge in [0.25, 0.3) is 5.91 Å². The molecule has 2 aliphatic rings. The first-order valence-corrected chi connectivity index (χ1v) is 10.0. The van der Waals surface area contributed by atoms with E-state index in [0.29, 0.717) is 9.23 Å². The van der Waals surface area contributed by atoms with Gasteiger partial charge in [-0.3, -0.25) is 14.5 Å². The van der Waals surface area contributed by atoms with Gasteiger partial charge in [0.2, 0.25) is 0 Å². The maximum atomic E-state index is 12.3. The summed E-state index contributed by atoms with van der Waals surface area (Å²) < 4.78 is 0.291. The van der Waals surface area contributed by atoms with Gasteiger partial charge in [0.05, 0.1) is 4.91 Å². The van der Waals surface area contributed by atoms with E-state index in [1.165, 1.54) is 18.5 Å². The van der Waals surface area contributed by atoms with Gasteiger partial charge in [-0.15, -0.1) is 0 Å². The zero-order valence-electron chi connectivity index (χ0n) is 14.7. The molecule has 0 atom stereocenters. The fourth-order valence-electron chi connectivity index (χ4n) is 2.91. The first-order chi connectivity index (χ1) is 12.5. The molecule has 1 saturated heterocycles. The number of anilines is 1. The highest BCUT2D eigenvalue weighted by molar-refractivity contribution is 8.26. The lowest BCUT2D eigenvalue weighted by atomic mass is 10.1. The average Bonchev–Trinajstić information content (AvgIpc) is 3.38. The normalized spacial score (nSPS) is 18.7. The summed E-state index contributed by atoms with van der Waals surface area (Å²) in [5.41, 5.74) is 2.11. The molecule has 1 amide bonds. The van der Waals surface area contributed by atoms with Gasteiger partial charge in [-0.05, 0) is 49.0 Å². The molecule has 0 spiro atoms. The van der Waals surface area contributed by atoms with Crippen LogP contribution in [0.25, 0.3) is 6.08 Å². The predicted molar refractivity (Wildman–Crippen MR) is 109 cm³/mol. The fourth-order valence-corrected chi connectivity index (χ4v) is 4.17. The standard InChI is InChI=1S/C19H22N2O3S2/c1-2-9-20(11-14-3-4-14)15-7-5-13(6-8-15)10-16-18(24)21(12-17(22)23)19(25)26-16/h5-8,10,14H,2-4,9,11-12H2,1H3,(H,22,23)/b16-10-. The van der Waals surface area contributed by atoms with Crippen molar-refractivity contribution in [3.05, 3.63) is 34.7 Å². The Kier molecular flexibility index (Phi) is 5.98. The molecule has 0 radical (unpaired) electrons. The van der Waals surface area contributed by atoms with Crippen LogP contribution in [-0.4, -0.2) is 45.8 Å². The number of rotatable bonds is 8. The van der Waals surface area contributed by atoms with E-state index in [9.17, 15) is 9.59 Å². The molecule has 1 aliphatic heterocycles. The molecule has 0 unspecified atom stereocenters. The number of amides is 1. The quantitative estimate of drug-likeness (QED) is 0.541. The van der Waals surface area contributed by atoms with Crippen LogP contribution >= 0.6 is 24.0 Å². The number of carbonyl (C=O) groups excluding carboxylic acids is 1. The summed E-state index contributed by atoms with van der Waals surface area (Å²) in [5.74, 6) is -0.580. The molecule has 0 bridgehead atoms. The van der Waals surface area contributed by atoms with Crippen molar-refractivity contribution >= 4 is 51.9 Å². The Bertz CT molecular complexity index is 742. The van der Waals surface area contributed by atoms with E-state index in [1.807, 2.05) is 12.1 Å². The predicted octanol–water partition coefficient (Wildman–Crippen LogP) is 3.60. The lowest BCUT2D eigenvalue weighted by Gasteiger charge is -2.24. The van der Waals surface area contributed by atoms with E-state index in [1.54, 1.807) is 6.08 Å². The number of carboxylic acid groups (broad SMARTS) is 1. The number of hydrogen-bond acceptors (Lipinski definition) is 5. The smallest absolute Gasteiger partial charge is 0.323 e. The minimum atomic E-state index is -1.07. The van der Waals surface area contributed by atoms with E-state index < -0.39 is 12.5 Å². The van der Waals surface area contributed by atoms with E-state index >= 15 is 0 Å². The van der Waals surface area contributed by atoms with Gasteiger partial charge in [-0.1, -0.05) is 43.0 Å². The summed E-state index contributed by atoms with van der Waals surface area (Å²) in [6.07, 6.45) is 5.55. The fraction of sp³-hybridized carbons (Fsp3) is 0.421. The van der Waals surface area contributed by atoms with Crippen molar-refractivity contribution in [2.24, 2.45) is 5.92 Å². The van der Waals surface area contributed by atoms with E-state index in [4.69, 9.17) is 17.3 Å². The SMILES string of the molecule is CCCN(CC1CC1)c1ccc(/C=C2\SC(=S)N(CC(=O)O)C2=O)cc1. The summed E-state index contributed by atoms with van der Waals surface area (Å²) in [4.78, 5) is 27.2. The van der Waals surface area contributed by atoms with Crippen molar-refractivity contribution < 1.29 is 14.7 Å². The van der Waals surface area contributed by atoms with Crippen LogP contribution in [0.15, 0.2) is 29.2 Å². The van der Waals surface area contributed by atoms with Crippen LogP contribution in [-0.2, 0) is 9.59 Å². The molecule has 3 rings (SSSR count). The summed E-state index contributed by atoms with van der Waals surface area (Å²) in [6.45, 7) is 3.95. The molecule has 7 heteroatoms. The van der Waals surface area contributed by atoms with E-state index in [-0.39, 0.29) is 5.91 Å². The lowest BCUT2D eigenvalue weighted by Crippen LogP contribution is -2.33. The van der Waals surface area contributed by atoms with Gasteiger partial charge in [-0.2, -0.15) is 0 Å². The van der Waals surface area contributed by atoms with Crippen LogP contribution in [0.4, 0.5) is 5.69 Å². The Labute approximate surface area is 163 Å². The third-order valence-corrected chi connectivity index (χ3v) is 5.77. The Hall–Kier alpha value is -1.86. The average molecular weight is 391 g/mol. The highest BCUT2D eigenvalue weighted by Gasteiger charge is 2.33. The topological polar surface area (TPSA) is 60.9 Å². The number of aliphatic carboxylic acids is 1. The number of nitrogens with zero attached hydrogens (tertiary/aromatic N) is 2. The van der Waals surface area contributed by atoms with Crippen LogP contribution in [0.3, 0.4) is 0 Å². The van der Waals surface area contributed by atoms with E-state index in [0.717, 1.165) is 47.7 Å². The van der Waals surface area contributed by atoms with Crippen LogP contribution in [0.1, 0.15) is 31.7 Å². The molecule has 1 saturated carbocycles. The second kappa shape index (κ2) is 8.22. The zero-order chi connectivity index (χ0) is 18.7. The molecule has 0 aromatic heterocycles. The first kappa shape index (κ1) is 18.9. The molecule has 1 aromatic rings. The molecule has 1 N–H and O–H groups in total. The summed E-state index contributed by atoms with van der Waals surface area (Å²) in [7, 11) is 0. The van der Waals surface area contributed by atoms with Crippen molar-refractivity contribution in [3.63, 3.8) is 0 Å². The zero-order valence-corrected chi connectivity index (χ0v) is 16.3. The molecule has 26 heavy (non-hydrogen) atoms.